The first-order valence-corrected chi connectivity index (χ1v) is 8.86. The van der Waals surface area contributed by atoms with Crippen molar-refractivity contribution in [3.63, 3.8) is 0 Å². The highest BCUT2D eigenvalue weighted by molar-refractivity contribution is 7.91. The highest BCUT2D eigenvalue weighted by Gasteiger charge is 2.29. The first kappa shape index (κ1) is 19.5. The molecule has 0 aliphatic carbocycles. The summed E-state index contributed by atoms with van der Waals surface area (Å²) in [6.07, 6.45) is 1.89. The van der Waals surface area contributed by atoms with Crippen molar-refractivity contribution >= 4 is 21.4 Å². The quantitative estimate of drug-likeness (QED) is 0.784. The number of sulfone groups is 1. The number of hydrogen-bond donors (Lipinski definition) is 1. The second-order valence-corrected chi connectivity index (χ2v) is 7.29. The van der Waals surface area contributed by atoms with Gasteiger partial charge in [-0.05, 0) is 32.5 Å². The number of amides is 1. The van der Waals surface area contributed by atoms with Crippen LogP contribution in [0.2, 0.25) is 0 Å². The number of hydrogen-bond acceptors (Lipinski definition) is 4. The second kappa shape index (κ2) is 8.35. The van der Waals surface area contributed by atoms with Gasteiger partial charge in [0.2, 0.25) is 15.7 Å². The number of nitrogens with one attached hydrogen (secondary N) is 1. The van der Waals surface area contributed by atoms with Crippen LogP contribution in [0.1, 0.15) is 26.7 Å². The van der Waals surface area contributed by atoms with Crippen LogP contribution in [0.15, 0.2) is 29.2 Å². The Morgan fingerprint density at radius 3 is 2.48 bits per heavy atom. The molecule has 0 radical (unpaired) electrons. The van der Waals surface area contributed by atoms with Crippen LogP contribution in [0.4, 0.5) is 14.5 Å². The van der Waals surface area contributed by atoms with Gasteiger partial charge in [-0.2, -0.15) is 8.78 Å². The summed E-state index contributed by atoms with van der Waals surface area (Å²) in [5, 5.41) is 2.41. The van der Waals surface area contributed by atoms with Crippen molar-refractivity contribution in [2.24, 2.45) is 0 Å². The standard InChI is InChI=1S/C15H22F2N2O3S/c1-4-7-11(2)19(3)10-14(20)18-12-8-5-6-9-13(12)23(21,22)15(16)17/h5-6,8-9,11,15H,4,7,10H2,1-3H3,(H,18,20). The lowest BCUT2D eigenvalue weighted by Gasteiger charge is -2.23. The summed E-state index contributed by atoms with van der Waals surface area (Å²) in [4.78, 5) is 13.3. The number of carbonyl (C=O) groups is 1. The van der Waals surface area contributed by atoms with E-state index in [0.717, 1.165) is 18.9 Å². The van der Waals surface area contributed by atoms with Crippen molar-refractivity contribution in [3.8, 4) is 0 Å². The molecule has 0 spiro atoms. The molecule has 5 nitrogen and oxygen atoms in total. The number of halogens is 2. The molecule has 0 aromatic heterocycles. The van der Waals surface area contributed by atoms with E-state index in [1.54, 1.807) is 7.05 Å². The summed E-state index contributed by atoms with van der Waals surface area (Å²) in [6.45, 7) is 4.06. The molecular formula is C15H22F2N2O3S. The first-order chi connectivity index (χ1) is 10.7. The van der Waals surface area contributed by atoms with Crippen molar-refractivity contribution < 1.29 is 22.0 Å². The van der Waals surface area contributed by atoms with Crippen molar-refractivity contribution in [3.05, 3.63) is 24.3 Å². The topological polar surface area (TPSA) is 66.5 Å². The predicted octanol–water partition coefficient (Wildman–Crippen LogP) is 2.74. The molecule has 1 unspecified atom stereocenters. The third kappa shape index (κ3) is 5.24. The van der Waals surface area contributed by atoms with Crippen LogP contribution in [0.3, 0.4) is 0 Å². The number of benzene rings is 1. The lowest BCUT2D eigenvalue weighted by atomic mass is 10.2. The van der Waals surface area contributed by atoms with Crippen LogP contribution < -0.4 is 5.32 Å². The molecular weight excluding hydrogens is 326 g/mol. The van der Waals surface area contributed by atoms with E-state index < -0.39 is 26.4 Å². The molecule has 130 valence electrons. The van der Waals surface area contributed by atoms with Gasteiger partial charge in [-0.3, -0.25) is 9.69 Å². The summed E-state index contributed by atoms with van der Waals surface area (Å²) in [6, 6.07) is 5.35. The molecule has 1 aromatic carbocycles. The van der Waals surface area contributed by atoms with Crippen LogP contribution in [0.5, 0.6) is 0 Å². The molecule has 1 aromatic rings. The Hall–Kier alpha value is -1.54. The number of carbonyl (C=O) groups excluding carboxylic acids is 1. The maximum Gasteiger partial charge on any atom is 0.341 e. The van der Waals surface area contributed by atoms with Gasteiger partial charge >= 0.3 is 5.76 Å². The van der Waals surface area contributed by atoms with Gasteiger partial charge in [-0.1, -0.05) is 25.5 Å². The zero-order valence-corrected chi connectivity index (χ0v) is 14.2. The molecule has 1 rings (SSSR count). The highest BCUT2D eigenvalue weighted by atomic mass is 32.2. The van der Waals surface area contributed by atoms with Crippen LogP contribution in [0, 0.1) is 0 Å². The fourth-order valence-corrected chi connectivity index (χ4v) is 3.01. The number of anilines is 1. The zero-order chi connectivity index (χ0) is 17.6. The fraction of sp³-hybridized carbons (Fsp3) is 0.533. The fourth-order valence-electron chi connectivity index (χ4n) is 2.12. The minimum absolute atomic E-state index is 0.0459. The monoisotopic (exact) mass is 348 g/mol. The Kier molecular flexibility index (Phi) is 7.08. The van der Waals surface area contributed by atoms with Crippen LogP contribution in [-0.4, -0.2) is 44.6 Å². The Bertz CT molecular complexity index is 635. The van der Waals surface area contributed by atoms with Crippen molar-refractivity contribution in [1.82, 2.24) is 4.90 Å². The highest BCUT2D eigenvalue weighted by Crippen LogP contribution is 2.26. The van der Waals surface area contributed by atoms with E-state index in [4.69, 9.17) is 0 Å². The van der Waals surface area contributed by atoms with Crippen molar-refractivity contribution in [1.29, 1.82) is 0 Å². The summed E-state index contributed by atoms with van der Waals surface area (Å²) >= 11 is 0. The molecule has 0 aliphatic heterocycles. The molecule has 0 fully saturated rings. The lowest BCUT2D eigenvalue weighted by Crippen LogP contribution is -2.36. The van der Waals surface area contributed by atoms with Gasteiger partial charge in [0.15, 0.2) is 0 Å². The molecule has 0 aliphatic rings. The van der Waals surface area contributed by atoms with Crippen LogP contribution in [-0.2, 0) is 14.6 Å². The van der Waals surface area contributed by atoms with Crippen LogP contribution >= 0.6 is 0 Å². The summed E-state index contributed by atoms with van der Waals surface area (Å²) in [5.74, 6) is -3.99. The number of para-hydroxylation sites is 1. The number of alkyl halides is 2. The van der Waals surface area contributed by atoms with Crippen LogP contribution in [0.25, 0.3) is 0 Å². The first-order valence-electron chi connectivity index (χ1n) is 7.31. The van der Waals surface area contributed by atoms with E-state index >= 15 is 0 Å². The maximum atomic E-state index is 12.7. The zero-order valence-electron chi connectivity index (χ0n) is 13.4. The summed E-state index contributed by atoms with van der Waals surface area (Å²) in [7, 11) is -2.99. The summed E-state index contributed by atoms with van der Waals surface area (Å²) < 4.78 is 48.7. The number of nitrogens with zero attached hydrogens (tertiary/aromatic N) is 1. The van der Waals surface area contributed by atoms with E-state index in [9.17, 15) is 22.0 Å². The number of rotatable bonds is 8. The molecule has 0 saturated carbocycles. The minimum Gasteiger partial charge on any atom is -0.324 e. The normalized spacial score (nSPS) is 13.3. The van der Waals surface area contributed by atoms with Gasteiger partial charge in [0.1, 0.15) is 0 Å². The SMILES string of the molecule is CCCC(C)N(C)CC(=O)Nc1ccccc1S(=O)(=O)C(F)F. The van der Waals surface area contributed by atoms with Crippen molar-refractivity contribution in [2.45, 2.75) is 43.4 Å². The average molecular weight is 348 g/mol. The molecule has 8 heteroatoms. The smallest absolute Gasteiger partial charge is 0.324 e. The number of likely N-dealkylation sites (N-methyl/N-ethyl adjacent to an activating group) is 1. The predicted molar refractivity (Wildman–Crippen MR) is 85.3 cm³/mol. The average Bonchev–Trinajstić information content (AvgIpc) is 2.47. The molecule has 0 bridgehead atoms. The Balaban J connectivity index is 2.88. The van der Waals surface area contributed by atoms with Gasteiger partial charge < -0.3 is 5.32 Å². The van der Waals surface area contributed by atoms with Gasteiger partial charge in [0.25, 0.3) is 0 Å². The van der Waals surface area contributed by atoms with Gasteiger partial charge in [-0.25, -0.2) is 8.42 Å². The van der Waals surface area contributed by atoms with E-state index in [1.807, 2.05) is 18.7 Å². The maximum absolute atomic E-state index is 12.7. The molecule has 0 saturated heterocycles. The third-order valence-corrected chi connectivity index (χ3v) is 4.99. The molecule has 23 heavy (non-hydrogen) atoms. The van der Waals surface area contributed by atoms with Gasteiger partial charge in [0, 0.05) is 6.04 Å². The molecule has 1 N–H and O–H groups in total. The van der Waals surface area contributed by atoms with E-state index in [1.165, 1.54) is 18.2 Å². The largest absolute Gasteiger partial charge is 0.341 e. The van der Waals surface area contributed by atoms with E-state index in [2.05, 4.69) is 5.32 Å². The summed E-state index contributed by atoms with van der Waals surface area (Å²) in [5.41, 5.74) is -0.130. The molecule has 0 heterocycles. The van der Waals surface area contributed by atoms with Gasteiger partial charge in [0.05, 0.1) is 17.1 Å². The minimum atomic E-state index is -4.77. The second-order valence-electron chi connectivity index (χ2n) is 5.40. The third-order valence-electron chi connectivity index (χ3n) is 3.55. The molecule has 1 atom stereocenters. The van der Waals surface area contributed by atoms with Crippen molar-refractivity contribution in [2.75, 3.05) is 18.9 Å². The Morgan fingerprint density at radius 2 is 1.91 bits per heavy atom. The lowest BCUT2D eigenvalue weighted by molar-refractivity contribution is -0.117. The van der Waals surface area contributed by atoms with Gasteiger partial charge in [-0.15, -0.1) is 0 Å². The molecule has 1 amide bonds. The van der Waals surface area contributed by atoms with E-state index in [0.29, 0.717) is 0 Å². The Morgan fingerprint density at radius 1 is 1.30 bits per heavy atom. The Labute approximate surface area is 135 Å². The van der Waals surface area contributed by atoms with E-state index in [-0.39, 0.29) is 18.3 Å².